The van der Waals surface area contributed by atoms with Crippen molar-refractivity contribution in [1.82, 2.24) is 14.6 Å². The van der Waals surface area contributed by atoms with Crippen LogP contribution in [0.15, 0.2) is 73.1 Å². The highest BCUT2D eigenvalue weighted by atomic mass is 16.6. The van der Waals surface area contributed by atoms with Gasteiger partial charge in [-0.25, -0.2) is 9.50 Å². The third-order valence-corrected chi connectivity index (χ3v) is 5.48. The van der Waals surface area contributed by atoms with Gasteiger partial charge in [0.25, 0.3) is 5.69 Å². The first-order valence-electron chi connectivity index (χ1n) is 10.2. The zero-order valence-electron chi connectivity index (χ0n) is 17.8. The topological polar surface area (TPSA) is 99.6 Å². The Hall–Kier alpha value is -4.07. The molecule has 2 aromatic heterocycles. The molecule has 0 saturated heterocycles. The maximum Gasteiger partial charge on any atom is 0.318 e. The second-order valence-electron chi connectivity index (χ2n) is 7.64. The summed E-state index contributed by atoms with van der Waals surface area (Å²) >= 11 is 0. The van der Waals surface area contributed by atoms with E-state index < -0.39 is 10.3 Å². The molecule has 1 unspecified atom stereocenters. The number of fused-ring (bicyclic) bond motifs is 1. The molecule has 8 heteroatoms. The summed E-state index contributed by atoms with van der Waals surface area (Å²) in [5.41, 5.74) is 2.67. The number of non-ortho nitro benzene ring substituents is 1. The molecular weight excluding hydrogens is 408 g/mol. The Bertz CT molecular complexity index is 1270. The summed E-state index contributed by atoms with van der Waals surface area (Å²) < 4.78 is 7.09. The third kappa shape index (κ3) is 3.82. The van der Waals surface area contributed by atoms with Crippen LogP contribution in [0.1, 0.15) is 25.1 Å². The number of nitro benzene ring substituents is 1. The van der Waals surface area contributed by atoms with E-state index in [2.05, 4.69) is 10.1 Å². The van der Waals surface area contributed by atoms with Crippen LogP contribution < -0.4 is 0 Å². The Morgan fingerprint density at radius 2 is 1.84 bits per heavy atom. The molecule has 4 rings (SSSR count). The first kappa shape index (κ1) is 21.2. The number of nitrogens with zero attached hydrogens (tertiary/aromatic N) is 4. The minimum absolute atomic E-state index is 0.0108. The van der Waals surface area contributed by atoms with Crippen LogP contribution in [0, 0.1) is 10.1 Å². The minimum Gasteiger partial charge on any atom is -0.465 e. The lowest BCUT2D eigenvalue weighted by Crippen LogP contribution is -2.38. The van der Waals surface area contributed by atoms with Crippen LogP contribution >= 0.6 is 0 Å². The molecule has 8 nitrogen and oxygen atoms in total. The number of hydrogen-bond acceptors (Lipinski definition) is 6. The molecule has 0 N–H and O–H groups in total. The first-order chi connectivity index (χ1) is 15.4. The predicted molar refractivity (Wildman–Crippen MR) is 119 cm³/mol. The molecule has 32 heavy (non-hydrogen) atoms. The summed E-state index contributed by atoms with van der Waals surface area (Å²) in [6.07, 6.45) is 3.73. The molecule has 0 radical (unpaired) electrons. The lowest BCUT2D eigenvalue weighted by atomic mass is 9.80. The van der Waals surface area contributed by atoms with Crippen LogP contribution in [0.4, 0.5) is 5.69 Å². The number of aromatic nitrogens is 3. The van der Waals surface area contributed by atoms with Gasteiger partial charge in [-0.2, -0.15) is 5.10 Å². The first-order valence-corrected chi connectivity index (χ1v) is 10.2. The Balaban J connectivity index is 1.83. The van der Waals surface area contributed by atoms with Crippen LogP contribution in [0.5, 0.6) is 0 Å². The zero-order chi connectivity index (χ0) is 22.7. The van der Waals surface area contributed by atoms with Crippen molar-refractivity contribution in [3.05, 3.63) is 94.4 Å². The van der Waals surface area contributed by atoms with Crippen LogP contribution in [0.2, 0.25) is 0 Å². The van der Waals surface area contributed by atoms with Gasteiger partial charge in [-0.05, 0) is 49.6 Å². The minimum atomic E-state index is -1.00. The highest BCUT2D eigenvalue weighted by molar-refractivity contribution is 5.84. The van der Waals surface area contributed by atoms with Gasteiger partial charge in [0, 0.05) is 23.9 Å². The summed E-state index contributed by atoms with van der Waals surface area (Å²) in [4.78, 5) is 28.1. The summed E-state index contributed by atoms with van der Waals surface area (Å²) in [6, 6.07) is 17.7. The van der Waals surface area contributed by atoms with Crippen molar-refractivity contribution in [3.8, 4) is 11.1 Å². The molecule has 0 bridgehead atoms. The van der Waals surface area contributed by atoms with E-state index in [-0.39, 0.29) is 18.3 Å². The van der Waals surface area contributed by atoms with Gasteiger partial charge in [-0.1, -0.05) is 30.3 Å². The van der Waals surface area contributed by atoms with Gasteiger partial charge in [0.2, 0.25) is 0 Å². The van der Waals surface area contributed by atoms with Crippen molar-refractivity contribution in [2.75, 3.05) is 6.61 Å². The van der Waals surface area contributed by atoms with Gasteiger partial charge >= 0.3 is 5.97 Å². The van der Waals surface area contributed by atoms with Crippen LogP contribution in [0.3, 0.4) is 0 Å². The number of ether oxygens (including phenoxy) is 1. The second-order valence-corrected chi connectivity index (χ2v) is 7.64. The second kappa shape index (κ2) is 8.58. The smallest absolute Gasteiger partial charge is 0.318 e. The molecule has 1 atom stereocenters. The Morgan fingerprint density at radius 1 is 1.12 bits per heavy atom. The van der Waals surface area contributed by atoms with Crippen molar-refractivity contribution in [1.29, 1.82) is 0 Å². The van der Waals surface area contributed by atoms with Gasteiger partial charge in [0.1, 0.15) is 5.41 Å². The highest BCUT2D eigenvalue weighted by Crippen LogP contribution is 2.32. The van der Waals surface area contributed by atoms with E-state index in [1.165, 1.54) is 12.1 Å². The molecule has 0 amide bonds. The SMILES string of the molecule is CCOC(=O)C(C)(Cc1ccccc1)c1ccnc2c(-c3ccc([N+](=O)[O-])cc3)cnn12. The van der Waals surface area contributed by atoms with Crippen molar-refractivity contribution >= 4 is 17.3 Å². The van der Waals surface area contributed by atoms with E-state index in [4.69, 9.17) is 4.74 Å². The van der Waals surface area contributed by atoms with E-state index in [1.54, 1.807) is 42.0 Å². The number of benzene rings is 2. The number of carbonyl (C=O) groups excluding carboxylic acids is 1. The highest BCUT2D eigenvalue weighted by Gasteiger charge is 2.39. The summed E-state index contributed by atoms with van der Waals surface area (Å²) in [5.74, 6) is -0.344. The fourth-order valence-corrected chi connectivity index (χ4v) is 3.84. The third-order valence-electron chi connectivity index (χ3n) is 5.48. The Kier molecular flexibility index (Phi) is 5.68. The van der Waals surface area contributed by atoms with E-state index in [0.29, 0.717) is 23.3 Å². The molecule has 162 valence electrons. The normalized spacial score (nSPS) is 12.9. The predicted octanol–water partition coefficient (Wildman–Crippen LogP) is 4.37. The van der Waals surface area contributed by atoms with E-state index in [1.807, 2.05) is 37.3 Å². The molecule has 4 aromatic rings. The fraction of sp³-hybridized carbons (Fsp3) is 0.208. The molecule has 2 aromatic carbocycles. The number of esters is 1. The number of rotatable bonds is 7. The van der Waals surface area contributed by atoms with Crippen molar-refractivity contribution in [2.45, 2.75) is 25.7 Å². The molecule has 0 fully saturated rings. The maximum absolute atomic E-state index is 13.1. The summed E-state index contributed by atoms with van der Waals surface area (Å²) in [5, 5.41) is 15.5. The molecule has 0 aliphatic rings. The molecule has 0 aliphatic heterocycles. The van der Waals surface area contributed by atoms with Gasteiger partial charge in [0.05, 0.1) is 23.4 Å². The molecule has 0 spiro atoms. The molecular formula is C24H22N4O4. The average Bonchev–Trinajstić information content (AvgIpc) is 3.24. The van der Waals surface area contributed by atoms with Crippen LogP contribution in [0.25, 0.3) is 16.8 Å². The van der Waals surface area contributed by atoms with Crippen molar-refractivity contribution in [2.24, 2.45) is 0 Å². The Labute approximate surface area is 184 Å². The van der Waals surface area contributed by atoms with Crippen molar-refractivity contribution < 1.29 is 14.5 Å². The maximum atomic E-state index is 13.1. The number of carbonyl (C=O) groups is 1. The summed E-state index contributed by atoms with van der Waals surface area (Å²) in [6.45, 7) is 3.90. The van der Waals surface area contributed by atoms with Crippen LogP contribution in [-0.4, -0.2) is 32.1 Å². The quantitative estimate of drug-likeness (QED) is 0.245. The van der Waals surface area contributed by atoms with E-state index >= 15 is 0 Å². The molecule has 0 saturated carbocycles. The number of hydrogen-bond donors (Lipinski definition) is 0. The Morgan fingerprint density at radius 3 is 2.50 bits per heavy atom. The largest absolute Gasteiger partial charge is 0.465 e. The van der Waals surface area contributed by atoms with E-state index in [0.717, 1.165) is 11.1 Å². The van der Waals surface area contributed by atoms with Crippen LogP contribution in [-0.2, 0) is 21.4 Å². The van der Waals surface area contributed by atoms with Crippen molar-refractivity contribution in [3.63, 3.8) is 0 Å². The van der Waals surface area contributed by atoms with E-state index in [9.17, 15) is 14.9 Å². The number of nitro groups is 1. The fourth-order valence-electron chi connectivity index (χ4n) is 3.84. The standard InChI is InChI=1S/C24H22N4O4/c1-3-32-23(29)24(2,15-17-7-5-4-6-8-17)21-13-14-25-22-20(16-26-27(21)22)18-9-11-19(12-10-18)28(30)31/h4-14,16H,3,15H2,1-2H3. The van der Waals surface area contributed by atoms with Gasteiger partial charge < -0.3 is 4.74 Å². The average molecular weight is 430 g/mol. The molecule has 2 heterocycles. The zero-order valence-corrected chi connectivity index (χ0v) is 17.8. The molecule has 0 aliphatic carbocycles. The van der Waals surface area contributed by atoms with Gasteiger partial charge in [-0.3, -0.25) is 14.9 Å². The monoisotopic (exact) mass is 430 g/mol. The van der Waals surface area contributed by atoms with Gasteiger partial charge in [0.15, 0.2) is 5.65 Å². The summed E-state index contributed by atoms with van der Waals surface area (Å²) in [7, 11) is 0. The van der Waals surface area contributed by atoms with Gasteiger partial charge in [-0.15, -0.1) is 0 Å². The lowest BCUT2D eigenvalue weighted by molar-refractivity contribution is -0.384. The lowest BCUT2D eigenvalue weighted by Gasteiger charge is -2.28.